The highest BCUT2D eigenvalue weighted by Crippen LogP contribution is 2.52. The van der Waals surface area contributed by atoms with E-state index in [1.807, 2.05) is 65.6 Å². The smallest absolute Gasteiger partial charge is 0.373 e. The summed E-state index contributed by atoms with van der Waals surface area (Å²) >= 11 is 0. The molecule has 1 atom stereocenters. The van der Waals surface area contributed by atoms with Crippen molar-refractivity contribution in [1.29, 1.82) is 0 Å². The summed E-state index contributed by atoms with van der Waals surface area (Å²) in [6.07, 6.45) is -8.45. The van der Waals surface area contributed by atoms with Crippen LogP contribution in [-0.2, 0) is 33.8 Å². The molecular weight excluding hydrogens is 570 g/mol. The fraction of sp³-hybridized carbons (Fsp3) is 0.424. The molecule has 1 N–H and O–H groups in total. The number of likely N-dealkylation sites (tertiary alicyclic amines) is 1. The van der Waals surface area contributed by atoms with Crippen LogP contribution >= 0.6 is 0 Å². The van der Waals surface area contributed by atoms with Crippen LogP contribution in [0.4, 0.5) is 26.3 Å². The average Bonchev–Trinajstić information content (AvgIpc) is 3.36. The number of carbonyl (C=O) groups is 1. The van der Waals surface area contributed by atoms with E-state index in [0.717, 1.165) is 29.7 Å². The van der Waals surface area contributed by atoms with Gasteiger partial charge in [-0.25, -0.2) is 0 Å². The Morgan fingerprint density at radius 2 is 1.47 bits per heavy atom. The van der Waals surface area contributed by atoms with Gasteiger partial charge in [0.1, 0.15) is 0 Å². The molecule has 5 rings (SSSR count). The fourth-order valence-electron chi connectivity index (χ4n) is 6.43. The number of halogens is 6. The van der Waals surface area contributed by atoms with Gasteiger partial charge in [0.15, 0.2) is 0 Å². The third kappa shape index (κ3) is 7.07. The lowest BCUT2D eigenvalue weighted by atomic mass is 9.54. The van der Waals surface area contributed by atoms with Gasteiger partial charge >= 0.3 is 12.4 Å². The molecule has 0 bridgehead atoms. The molecule has 1 heterocycles. The van der Waals surface area contributed by atoms with E-state index in [9.17, 15) is 31.1 Å². The lowest BCUT2D eigenvalue weighted by Crippen LogP contribution is -2.68. The monoisotopic (exact) mass is 604 g/mol. The summed E-state index contributed by atoms with van der Waals surface area (Å²) in [6, 6.07) is 21.0. The second-order valence-electron chi connectivity index (χ2n) is 11.8. The van der Waals surface area contributed by atoms with Crippen molar-refractivity contribution in [3.8, 4) is 0 Å². The lowest BCUT2D eigenvalue weighted by Gasteiger charge is -2.58. The summed E-state index contributed by atoms with van der Waals surface area (Å²) in [4.78, 5) is 14.5. The Hall–Kier alpha value is -3.37. The Labute approximate surface area is 247 Å². The average molecular weight is 605 g/mol. The number of amides is 1. The third-order valence-electron chi connectivity index (χ3n) is 8.60. The SMILES string of the molecule is C[C@@H](OCC1(c2ccccc2)CC(CN2CCCC2=O)(NCc2ccccc2)C1)c1cc(C(F)(F)F)cc(C(F)(F)F)c1. The highest BCUT2D eigenvalue weighted by molar-refractivity contribution is 5.78. The number of hydrogen-bond acceptors (Lipinski definition) is 3. The van der Waals surface area contributed by atoms with Gasteiger partial charge < -0.3 is 15.0 Å². The first kappa shape index (κ1) is 31.1. The second kappa shape index (κ2) is 12.0. The molecule has 1 saturated heterocycles. The fourth-order valence-corrected chi connectivity index (χ4v) is 6.43. The van der Waals surface area contributed by atoms with E-state index in [0.29, 0.717) is 38.9 Å². The number of rotatable bonds is 10. The van der Waals surface area contributed by atoms with Crippen molar-refractivity contribution in [2.45, 2.75) is 68.6 Å². The number of carbonyl (C=O) groups excluding carboxylic acids is 1. The van der Waals surface area contributed by atoms with Crippen molar-refractivity contribution in [2.75, 3.05) is 19.7 Å². The maximum atomic E-state index is 13.5. The first-order chi connectivity index (χ1) is 20.3. The van der Waals surface area contributed by atoms with Crippen LogP contribution in [0.5, 0.6) is 0 Å². The molecule has 0 unspecified atom stereocenters. The largest absolute Gasteiger partial charge is 0.416 e. The standard InChI is InChI=1S/C33H34F6N2O2/c1-23(25-15-27(32(34,35)36)17-28(16-25)33(37,38)39)43-22-30(26-11-6-3-7-12-26)19-31(20-30,21-41-14-8-13-29(41)42)40-18-24-9-4-2-5-10-24/h2-7,9-12,15-17,23,40H,8,13-14,18-22H2,1H3/t23-,30?,31?/m1/s1. The van der Waals surface area contributed by atoms with E-state index in [4.69, 9.17) is 4.74 Å². The molecule has 230 valence electrons. The zero-order chi connectivity index (χ0) is 30.9. The molecule has 1 aliphatic heterocycles. The van der Waals surface area contributed by atoms with Crippen LogP contribution in [0.15, 0.2) is 78.9 Å². The quantitative estimate of drug-likeness (QED) is 0.242. The minimum Gasteiger partial charge on any atom is -0.373 e. The molecule has 2 aliphatic rings. The van der Waals surface area contributed by atoms with Crippen LogP contribution in [0.3, 0.4) is 0 Å². The molecule has 0 aromatic heterocycles. The Kier molecular flexibility index (Phi) is 8.64. The predicted molar refractivity (Wildman–Crippen MR) is 150 cm³/mol. The molecule has 3 aromatic carbocycles. The molecule has 0 spiro atoms. The molecule has 3 aromatic rings. The van der Waals surface area contributed by atoms with Gasteiger partial charge in [-0.3, -0.25) is 4.79 Å². The van der Waals surface area contributed by atoms with Gasteiger partial charge in [-0.05, 0) is 61.1 Å². The maximum Gasteiger partial charge on any atom is 0.416 e. The van der Waals surface area contributed by atoms with Crippen molar-refractivity contribution in [3.05, 3.63) is 107 Å². The summed E-state index contributed by atoms with van der Waals surface area (Å²) in [6.45, 7) is 3.31. The summed E-state index contributed by atoms with van der Waals surface area (Å²) in [7, 11) is 0. The predicted octanol–water partition coefficient (Wildman–Crippen LogP) is 7.68. The molecule has 1 amide bonds. The molecule has 10 heteroatoms. The summed E-state index contributed by atoms with van der Waals surface area (Å²) in [5.41, 5.74) is -1.88. The molecule has 4 nitrogen and oxygen atoms in total. The first-order valence-electron chi connectivity index (χ1n) is 14.3. The molecule has 1 saturated carbocycles. The number of alkyl halides is 6. The van der Waals surface area contributed by atoms with Crippen LogP contribution in [-0.4, -0.2) is 36.0 Å². The van der Waals surface area contributed by atoms with E-state index in [1.165, 1.54) is 6.92 Å². The third-order valence-corrected chi connectivity index (χ3v) is 8.60. The topological polar surface area (TPSA) is 41.6 Å². The van der Waals surface area contributed by atoms with E-state index >= 15 is 0 Å². The summed E-state index contributed by atoms with van der Waals surface area (Å²) < 4.78 is 87.1. The zero-order valence-electron chi connectivity index (χ0n) is 23.8. The molecular formula is C33H34F6N2O2. The minimum absolute atomic E-state index is 0.0818. The van der Waals surface area contributed by atoms with Crippen LogP contribution in [0.25, 0.3) is 0 Å². The maximum absolute atomic E-state index is 13.5. The Bertz CT molecular complexity index is 1370. The van der Waals surface area contributed by atoms with E-state index < -0.39 is 40.5 Å². The van der Waals surface area contributed by atoms with Gasteiger partial charge in [0.25, 0.3) is 0 Å². The Balaban J connectivity index is 1.40. The number of nitrogens with zero attached hydrogens (tertiary/aromatic N) is 1. The number of ether oxygens (including phenoxy) is 1. The Morgan fingerprint density at radius 3 is 2.00 bits per heavy atom. The van der Waals surface area contributed by atoms with Crippen molar-refractivity contribution in [2.24, 2.45) is 0 Å². The van der Waals surface area contributed by atoms with Gasteiger partial charge in [-0.2, -0.15) is 26.3 Å². The highest BCUT2D eigenvalue weighted by atomic mass is 19.4. The van der Waals surface area contributed by atoms with Gasteiger partial charge in [0.05, 0.1) is 23.8 Å². The van der Waals surface area contributed by atoms with E-state index in [2.05, 4.69) is 5.32 Å². The van der Waals surface area contributed by atoms with E-state index in [1.54, 1.807) is 0 Å². The molecule has 43 heavy (non-hydrogen) atoms. The minimum atomic E-state index is -4.94. The Morgan fingerprint density at radius 1 is 0.884 bits per heavy atom. The first-order valence-corrected chi connectivity index (χ1v) is 14.3. The molecule has 2 fully saturated rings. The number of nitrogens with one attached hydrogen (secondary N) is 1. The highest BCUT2D eigenvalue weighted by Gasteiger charge is 2.56. The van der Waals surface area contributed by atoms with Crippen LogP contribution in [0.1, 0.15) is 66.5 Å². The van der Waals surface area contributed by atoms with Crippen LogP contribution in [0.2, 0.25) is 0 Å². The zero-order valence-corrected chi connectivity index (χ0v) is 23.8. The van der Waals surface area contributed by atoms with Crippen LogP contribution in [0, 0.1) is 0 Å². The van der Waals surface area contributed by atoms with Crippen molar-refractivity contribution in [3.63, 3.8) is 0 Å². The van der Waals surface area contributed by atoms with E-state index in [-0.39, 0.29) is 24.1 Å². The molecule has 1 aliphatic carbocycles. The van der Waals surface area contributed by atoms with Crippen LogP contribution < -0.4 is 5.32 Å². The lowest BCUT2D eigenvalue weighted by molar-refractivity contribution is -0.143. The van der Waals surface area contributed by atoms with Crippen molar-refractivity contribution in [1.82, 2.24) is 10.2 Å². The molecule has 0 radical (unpaired) electrons. The number of benzene rings is 3. The second-order valence-corrected chi connectivity index (χ2v) is 11.8. The number of hydrogen-bond donors (Lipinski definition) is 1. The normalized spacial score (nSPS) is 23.3. The summed E-state index contributed by atoms with van der Waals surface area (Å²) in [5, 5.41) is 3.69. The van der Waals surface area contributed by atoms with Crippen molar-refractivity contribution >= 4 is 5.91 Å². The van der Waals surface area contributed by atoms with Gasteiger partial charge in [0.2, 0.25) is 5.91 Å². The van der Waals surface area contributed by atoms with Crippen molar-refractivity contribution < 1.29 is 35.9 Å². The van der Waals surface area contributed by atoms with Gasteiger partial charge in [0, 0.05) is 37.0 Å². The summed E-state index contributed by atoms with van der Waals surface area (Å²) in [5.74, 6) is 0.105. The van der Waals surface area contributed by atoms with Gasteiger partial charge in [-0.15, -0.1) is 0 Å². The van der Waals surface area contributed by atoms with Gasteiger partial charge in [-0.1, -0.05) is 60.7 Å².